The van der Waals surface area contributed by atoms with Crippen molar-refractivity contribution in [3.63, 3.8) is 0 Å². The summed E-state index contributed by atoms with van der Waals surface area (Å²) in [6.07, 6.45) is 1.86. The molecule has 0 aliphatic carbocycles. The number of nitrogens with two attached hydrogens (primary N) is 1. The summed E-state index contributed by atoms with van der Waals surface area (Å²) in [5.41, 5.74) is 5.53. The molecule has 0 saturated carbocycles. The minimum atomic E-state index is -0.777. The number of hydrogen-bond acceptors (Lipinski definition) is 4. The second-order valence-corrected chi connectivity index (χ2v) is 3.69. The normalized spacial score (nSPS) is 22.1. The fourth-order valence-corrected chi connectivity index (χ4v) is 1.43. The molecule has 1 saturated heterocycles. The zero-order valence-electron chi connectivity index (χ0n) is 9.10. The van der Waals surface area contributed by atoms with Crippen LogP contribution in [0.5, 0.6) is 0 Å². The zero-order chi connectivity index (χ0) is 12.3. The molecule has 0 aromatic heterocycles. The Balaban J connectivity index is 2.56. The van der Waals surface area contributed by atoms with E-state index in [9.17, 15) is 14.4 Å². The van der Waals surface area contributed by atoms with Gasteiger partial charge in [0, 0.05) is 7.05 Å². The van der Waals surface area contributed by atoms with Crippen LogP contribution < -0.4 is 11.1 Å². The van der Waals surface area contributed by atoms with Crippen LogP contribution in [0.4, 0.5) is 0 Å². The molecule has 16 heavy (non-hydrogen) atoms. The van der Waals surface area contributed by atoms with Crippen LogP contribution in [0.25, 0.3) is 0 Å². The number of hydrogen-bond donors (Lipinski definition) is 2. The fourth-order valence-electron chi connectivity index (χ4n) is 1.43. The van der Waals surface area contributed by atoms with Gasteiger partial charge in [0.25, 0.3) is 5.91 Å². The summed E-state index contributed by atoms with van der Waals surface area (Å²) in [6.45, 7) is 3.46. The second-order valence-electron chi connectivity index (χ2n) is 3.69. The molecule has 3 amide bonds. The summed E-state index contributed by atoms with van der Waals surface area (Å²) in [5, 5.41) is 2.45. The van der Waals surface area contributed by atoms with E-state index in [4.69, 9.17) is 5.73 Å². The van der Waals surface area contributed by atoms with Crippen molar-refractivity contribution in [1.82, 2.24) is 10.2 Å². The summed E-state index contributed by atoms with van der Waals surface area (Å²) in [6, 6.07) is -1.51. The van der Waals surface area contributed by atoms with Crippen molar-refractivity contribution in [3.05, 3.63) is 12.7 Å². The highest BCUT2D eigenvalue weighted by molar-refractivity contribution is 6.06. The van der Waals surface area contributed by atoms with E-state index in [-0.39, 0.29) is 12.3 Å². The van der Waals surface area contributed by atoms with E-state index in [2.05, 4.69) is 11.9 Å². The van der Waals surface area contributed by atoms with Crippen molar-refractivity contribution in [2.75, 3.05) is 7.05 Å². The molecular weight excluding hydrogens is 210 g/mol. The molecule has 6 nitrogen and oxygen atoms in total. The number of amides is 3. The highest BCUT2D eigenvalue weighted by Crippen LogP contribution is 2.10. The summed E-state index contributed by atoms with van der Waals surface area (Å²) in [7, 11) is 1.39. The fraction of sp³-hybridized carbons (Fsp3) is 0.500. The smallest absolute Gasteiger partial charge is 0.252 e. The summed E-state index contributed by atoms with van der Waals surface area (Å²) < 4.78 is 0. The molecule has 6 heteroatoms. The van der Waals surface area contributed by atoms with Crippen LogP contribution in [-0.4, -0.2) is 41.8 Å². The maximum absolute atomic E-state index is 11.5. The molecule has 1 aliphatic heterocycles. The Kier molecular flexibility index (Phi) is 3.78. The molecule has 1 fully saturated rings. The second kappa shape index (κ2) is 4.89. The van der Waals surface area contributed by atoms with Crippen molar-refractivity contribution in [3.8, 4) is 0 Å². The van der Waals surface area contributed by atoms with E-state index in [1.807, 2.05) is 0 Å². The highest BCUT2D eigenvalue weighted by atomic mass is 16.2. The molecule has 0 spiro atoms. The number of likely N-dealkylation sites (N-methyl/N-ethyl adjacent to an activating group) is 1. The van der Waals surface area contributed by atoms with Gasteiger partial charge < -0.3 is 11.1 Å². The van der Waals surface area contributed by atoms with Gasteiger partial charge in [-0.25, -0.2) is 0 Å². The number of likely N-dealkylation sites (tertiary alicyclic amines) is 1. The van der Waals surface area contributed by atoms with Crippen molar-refractivity contribution in [2.45, 2.75) is 24.9 Å². The van der Waals surface area contributed by atoms with Gasteiger partial charge in [-0.1, -0.05) is 6.08 Å². The van der Waals surface area contributed by atoms with Gasteiger partial charge in [-0.05, 0) is 6.42 Å². The van der Waals surface area contributed by atoms with E-state index in [1.54, 1.807) is 0 Å². The number of carbonyl (C=O) groups is 3. The Morgan fingerprint density at radius 1 is 1.75 bits per heavy atom. The van der Waals surface area contributed by atoms with E-state index in [0.717, 1.165) is 4.90 Å². The monoisotopic (exact) mass is 225 g/mol. The lowest BCUT2D eigenvalue weighted by molar-refractivity contribution is -0.138. The lowest BCUT2D eigenvalue weighted by Crippen LogP contribution is -2.47. The number of imide groups is 1. The zero-order valence-corrected chi connectivity index (χ0v) is 9.10. The third-order valence-electron chi connectivity index (χ3n) is 2.46. The van der Waals surface area contributed by atoms with Crippen molar-refractivity contribution in [2.24, 2.45) is 5.73 Å². The minimum Gasteiger partial charge on any atom is -0.342 e. The summed E-state index contributed by atoms with van der Waals surface area (Å²) >= 11 is 0. The van der Waals surface area contributed by atoms with Crippen LogP contribution >= 0.6 is 0 Å². The Hall–Kier alpha value is -1.69. The summed E-state index contributed by atoms with van der Waals surface area (Å²) in [5.74, 6) is -1.14. The van der Waals surface area contributed by atoms with Crippen LogP contribution in [0.2, 0.25) is 0 Å². The third kappa shape index (κ3) is 2.46. The topological polar surface area (TPSA) is 92.5 Å². The van der Waals surface area contributed by atoms with Gasteiger partial charge in [0.1, 0.15) is 6.04 Å². The highest BCUT2D eigenvalue weighted by Gasteiger charge is 2.37. The molecule has 1 heterocycles. The van der Waals surface area contributed by atoms with Gasteiger partial charge in [-0.3, -0.25) is 19.3 Å². The first-order valence-corrected chi connectivity index (χ1v) is 4.94. The Morgan fingerprint density at radius 2 is 2.38 bits per heavy atom. The molecule has 2 unspecified atom stereocenters. The van der Waals surface area contributed by atoms with Crippen molar-refractivity contribution < 1.29 is 14.4 Å². The first-order valence-electron chi connectivity index (χ1n) is 4.94. The first kappa shape index (κ1) is 12.4. The van der Waals surface area contributed by atoms with Gasteiger partial charge in [-0.2, -0.15) is 0 Å². The molecule has 2 atom stereocenters. The van der Waals surface area contributed by atoms with Gasteiger partial charge >= 0.3 is 0 Å². The number of rotatable bonds is 4. The quantitative estimate of drug-likeness (QED) is 0.462. The lowest BCUT2D eigenvalue weighted by atomic mass is 10.1. The van der Waals surface area contributed by atoms with Crippen molar-refractivity contribution >= 4 is 17.7 Å². The molecule has 0 radical (unpaired) electrons. The summed E-state index contributed by atoms with van der Waals surface area (Å²) in [4.78, 5) is 35.1. The maximum Gasteiger partial charge on any atom is 0.252 e. The average Bonchev–Trinajstić information content (AvgIpc) is 2.47. The SMILES string of the molecule is C=CCC(N)C(=O)NC1CC(=O)N(C)C1=O. The van der Waals surface area contributed by atoms with Crippen LogP contribution in [0, 0.1) is 0 Å². The molecule has 1 rings (SSSR count). The third-order valence-corrected chi connectivity index (χ3v) is 2.46. The number of nitrogens with zero attached hydrogens (tertiary/aromatic N) is 1. The first-order chi connectivity index (χ1) is 7.47. The van der Waals surface area contributed by atoms with Crippen LogP contribution in [0.1, 0.15) is 12.8 Å². The molecule has 88 valence electrons. The minimum absolute atomic E-state index is 0.00187. The molecule has 3 N–H and O–H groups in total. The van der Waals surface area contributed by atoms with E-state index < -0.39 is 23.9 Å². The van der Waals surface area contributed by atoms with Gasteiger partial charge in [0.2, 0.25) is 11.8 Å². The van der Waals surface area contributed by atoms with E-state index in [0.29, 0.717) is 6.42 Å². The van der Waals surface area contributed by atoms with Crippen LogP contribution in [0.3, 0.4) is 0 Å². The van der Waals surface area contributed by atoms with Gasteiger partial charge in [-0.15, -0.1) is 6.58 Å². The number of carbonyl (C=O) groups excluding carboxylic acids is 3. The molecule has 1 aliphatic rings. The Bertz CT molecular complexity index is 340. The molecule has 0 bridgehead atoms. The van der Waals surface area contributed by atoms with Crippen molar-refractivity contribution in [1.29, 1.82) is 0 Å². The Morgan fingerprint density at radius 3 is 2.81 bits per heavy atom. The van der Waals surface area contributed by atoms with Crippen LogP contribution in [0.15, 0.2) is 12.7 Å². The van der Waals surface area contributed by atoms with Crippen LogP contribution in [-0.2, 0) is 14.4 Å². The largest absolute Gasteiger partial charge is 0.342 e. The number of nitrogens with one attached hydrogen (secondary N) is 1. The predicted molar refractivity (Wildman–Crippen MR) is 57.1 cm³/mol. The lowest BCUT2D eigenvalue weighted by Gasteiger charge is -2.14. The van der Waals surface area contributed by atoms with Gasteiger partial charge in [0.15, 0.2) is 0 Å². The predicted octanol–water partition coefficient (Wildman–Crippen LogP) is -1.24. The molecular formula is C10H15N3O3. The molecule has 0 aromatic rings. The standard InChI is InChI=1S/C10H15N3O3/c1-3-4-6(11)9(15)12-7-5-8(14)13(2)10(7)16/h3,6-7H,1,4-5,11H2,2H3,(H,12,15). The Labute approximate surface area is 93.5 Å². The van der Waals surface area contributed by atoms with Gasteiger partial charge in [0.05, 0.1) is 12.5 Å². The maximum atomic E-state index is 11.5. The molecule has 0 aromatic carbocycles. The van der Waals surface area contributed by atoms with E-state index >= 15 is 0 Å². The van der Waals surface area contributed by atoms with E-state index in [1.165, 1.54) is 13.1 Å². The average molecular weight is 225 g/mol.